The summed E-state index contributed by atoms with van der Waals surface area (Å²) in [5, 5.41) is 8.68. The number of amides is 2. The highest BCUT2D eigenvalue weighted by molar-refractivity contribution is 5.82. The summed E-state index contributed by atoms with van der Waals surface area (Å²) in [7, 11) is 0. The summed E-state index contributed by atoms with van der Waals surface area (Å²) in [6.07, 6.45) is 0.474. The minimum absolute atomic E-state index is 0.111. The zero-order chi connectivity index (χ0) is 18.1. The molecule has 2 N–H and O–H groups in total. The van der Waals surface area contributed by atoms with Crippen LogP contribution in [0, 0.1) is 17.1 Å². The van der Waals surface area contributed by atoms with Gasteiger partial charge < -0.3 is 4.74 Å². The second-order valence-electron chi connectivity index (χ2n) is 5.15. The average Bonchev–Trinajstić information content (AvgIpc) is 2.63. The maximum absolute atomic E-state index is 13.0. The number of carbonyl (C=O) groups is 2. The largest absolute Gasteiger partial charge is 0.484 e. The smallest absolute Gasteiger partial charge is 0.276 e. The van der Waals surface area contributed by atoms with Gasteiger partial charge in [-0.2, -0.15) is 5.26 Å². The molecule has 0 unspecified atom stereocenters. The van der Waals surface area contributed by atoms with Gasteiger partial charge in [-0.3, -0.25) is 20.4 Å². The van der Waals surface area contributed by atoms with Crippen LogP contribution in [0.2, 0.25) is 0 Å². The Balaban J connectivity index is 1.66. The van der Waals surface area contributed by atoms with Gasteiger partial charge in [-0.05, 0) is 48.4 Å². The zero-order valence-electron chi connectivity index (χ0n) is 13.3. The molecule has 2 aromatic rings. The lowest BCUT2D eigenvalue weighted by Gasteiger charge is -2.09. The van der Waals surface area contributed by atoms with Crippen molar-refractivity contribution in [2.45, 2.75) is 12.8 Å². The summed E-state index contributed by atoms with van der Waals surface area (Å²) >= 11 is 0. The number of halogens is 1. The third kappa shape index (κ3) is 6.31. The van der Waals surface area contributed by atoms with Crippen molar-refractivity contribution in [2.24, 2.45) is 0 Å². The van der Waals surface area contributed by atoms with Crippen molar-refractivity contribution in [2.75, 3.05) is 6.61 Å². The summed E-state index contributed by atoms with van der Waals surface area (Å²) in [6.45, 7) is -0.282. The molecule has 0 saturated heterocycles. The van der Waals surface area contributed by atoms with Gasteiger partial charge in [0.25, 0.3) is 5.91 Å². The quantitative estimate of drug-likeness (QED) is 0.785. The zero-order valence-corrected chi connectivity index (χ0v) is 13.3. The van der Waals surface area contributed by atoms with Gasteiger partial charge in [-0.1, -0.05) is 12.1 Å². The molecule has 0 radical (unpaired) electrons. The second kappa shape index (κ2) is 9.03. The fourth-order valence-electron chi connectivity index (χ4n) is 1.96. The number of nitrogens with zero attached hydrogens (tertiary/aromatic N) is 1. The third-order valence-corrected chi connectivity index (χ3v) is 3.22. The van der Waals surface area contributed by atoms with Gasteiger partial charge in [0.1, 0.15) is 11.6 Å². The number of benzene rings is 2. The number of hydrogen-bond donors (Lipinski definition) is 2. The minimum atomic E-state index is -0.525. The molecule has 0 aromatic heterocycles. The monoisotopic (exact) mass is 341 g/mol. The molecular weight excluding hydrogens is 325 g/mol. The highest BCUT2D eigenvalue weighted by Gasteiger charge is 2.06. The molecule has 6 nitrogen and oxygen atoms in total. The summed E-state index contributed by atoms with van der Waals surface area (Å²) in [6, 6.07) is 14.2. The topological polar surface area (TPSA) is 91.2 Å². The van der Waals surface area contributed by atoms with Crippen molar-refractivity contribution in [3.05, 3.63) is 65.5 Å². The molecule has 0 aliphatic heterocycles. The highest BCUT2D eigenvalue weighted by Crippen LogP contribution is 2.11. The van der Waals surface area contributed by atoms with Crippen molar-refractivity contribution in [1.29, 1.82) is 5.26 Å². The molecule has 128 valence electrons. The number of hydrazine groups is 1. The van der Waals surface area contributed by atoms with Crippen LogP contribution in [0.3, 0.4) is 0 Å². The van der Waals surface area contributed by atoms with E-state index in [-0.39, 0.29) is 18.8 Å². The molecule has 0 saturated carbocycles. The van der Waals surface area contributed by atoms with Crippen molar-refractivity contribution in [3.8, 4) is 11.8 Å². The van der Waals surface area contributed by atoms with Gasteiger partial charge in [0.2, 0.25) is 5.91 Å². The van der Waals surface area contributed by atoms with Crippen molar-refractivity contribution >= 4 is 11.8 Å². The van der Waals surface area contributed by atoms with Crippen LogP contribution in [0.15, 0.2) is 48.5 Å². The maximum atomic E-state index is 13.0. The fourth-order valence-corrected chi connectivity index (χ4v) is 1.96. The molecule has 2 amide bonds. The van der Waals surface area contributed by atoms with Gasteiger partial charge >= 0.3 is 0 Å². The van der Waals surface area contributed by atoms with E-state index in [9.17, 15) is 14.0 Å². The van der Waals surface area contributed by atoms with E-state index in [1.54, 1.807) is 36.4 Å². The predicted octanol–water partition coefficient (Wildman–Crippen LogP) is 1.86. The number of carbonyl (C=O) groups excluding carboxylic acids is 2. The molecule has 0 aliphatic carbocycles. The molecule has 0 fully saturated rings. The predicted molar refractivity (Wildman–Crippen MR) is 87.7 cm³/mol. The van der Waals surface area contributed by atoms with Crippen LogP contribution < -0.4 is 15.6 Å². The maximum Gasteiger partial charge on any atom is 0.276 e. The fraction of sp³-hybridized carbons (Fsp3) is 0.167. The van der Waals surface area contributed by atoms with Crippen molar-refractivity contribution in [3.63, 3.8) is 0 Å². The molecule has 0 aliphatic rings. The standard InChI is InChI=1S/C18H16FN3O3/c19-15-3-1-2-13(10-15)6-9-17(23)21-22-18(24)12-25-16-7-4-14(11-20)5-8-16/h1-5,7-8,10H,6,9,12H2,(H,21,23)(H,22,24). The van der Waals surface area contributed by atoms with E-state index in [1.807, 2.05) is 6.07 Å². The minimum Gasteiger partial charge on any atom is -0.484 e. The average molecular weight is 341 g/mol. The van der Waals surface area contributed by atoms with Crippen LogP contribution >= 0.6 is 0 Å². The van der Waals surface area contributed by atoms with Gasteiger partial charge in [0.15, 0.2) is 6.61 Å². The first kappa shape index (κ1) is 17.9. The molecule has 2 rings (SSSR count). The lowest BCUT2D eigenvalue weighted by Crippen LogP contribution is -2.43. The van der Waals surface area contributed by atoms with E-state index < -0.39 is 11.8 Å². The van der Waals surface area contributed by atoms with E-state index in [0.29, 0.717) is 23.3 Å². The Hall–Kier alpha value is -3.40. The van der Waals surface area contributed by atoms with E-state index in [2.05, 4.69) is 10.9 Å². The van der Waals surface area contributed by atoms with Crippen LogP contribution in [-0.4, -0.2) is 18.4 Å². The van der Waals surface area contributed by atoms with Gasteiger partial charge in [0, 0.05) is 6.42 Å². The van der Waals surface area contributed by atoms with E-state index in [4.69, 9.17) is 10.00 Å². The normalized spacial score (nSPS) is 9.76. The van der Waals surface area contributed by atoms with Crippen LogP contribution in [0.4, 0.5) is 4.39 Å². The molecule has 0 heterocycles. The van der Waals surface area contributed by atoms with E-state index >= 15 is 0 Å². The Morgan fingerprint density at radius 3 is 2.48 bits per heavy atom. The van der Waals surface area contributed by atoms with Crippen LogP contribution in [0.25, 0.3) is 0 Å². The van der Waals surface area contributed by atoms with Gasteiger partial charge in [0.05, 0.1) is 11.6 Å². The summed E-state index contributed by atoms with van der Waals surface area (Å²) in [4.78, 5) is 23.3. The molecule has 25 heavy (non-hydrogen) atoms. The lowest BCUT2D eigenvalue weighted by atomic mass is 10.1. The number of nitrogens with one attached hydrogen (secondary N) is 2. The molecule has 0 spiro atoms. The van der Waals surface area contributed by atoms with Crippen molar-refractivity contribution in [1.82, 2.24) is 10.9 Å². The number of ether oxygens (including phenoxy) is 1. The van der Waals surface area contributed by atoms with Gasteiger partial charge in [-0.15, -0.1) is 0 Å². The molecule has 2 aromatic carbocycles. The molecule has 0 bridgehead atoms. The van der Waals surface area contributed by atoms with Crippen LogP contribution in [0.1, 0.15) is 17.5 Å². The van der Waals surface area contributed by atoms with Crippen LogP contribution in [0.5, 0.6) is 5.75 Å². The Bertz CT molecular complexity index is 785. The lowest BCUT2D eigenvalue weighted by molar-refractivity contribution is -0.130. The first-order chi connectivity index (χ1) is 12.1. The molecular formula is C18H16FN3O3. The summed E-state index contributed by atoms with van der Waals surface area (Å²) in [5.74, 6) is -0.836. The van der Waals surface area contributed by atoms with E-state index in [1.165, 1.54) is 12.1 Å². The summed E-state index contributed by atoms with van der Waals surface area (Å²) in [5.41, 5.74) is 5.69. The highest BCUT2D eigenvalue weighted by atomic mass is 19.1. The number of rotatable bonds is 6. The first-order valence-corrected chi connectivity index (χ1v) is 7.52. The number of aryl methyl sites for hydroxylation is 1. The summed E-state index contributed by atoms with van der Waals surface area (Å²) < 4.78 is 18.3. The Morgan fingerprint density at radius 2 is 1.80 bits per heavy atom. The number of nitriles is 1. The second-order valence-corrected chi connectivity index (χ2v) is 5.15. The Kier molecular flexibility index (Phi) is 6.48. The van der Waals surface area contributed by atoms with E-state index in [0.717, 1.165) is 0 Å². The SMILES string of the molecule is N#Cc1ccc(OCC(=O)NNC(=O)CCc2cccc(F)c2)cc1. The third-order valence-electron chi connectivity index (χ3n) is 3.22. The van der Waals surface area contributed by atoms with Gasteiger partial charge in [-0.25, -0.2) is 4.39 Å². The number of hydrogen-bond acceptors (Lipinski definition) is 4. The molecule has 7 heteroatoms. The van der Waals surface area contributed by atoms with Crippen molar-refractivity contribution < 1.29 is 18.7 Å². The Labute approximate surface area is 144 Å². The Morgan fingerprint density at radius 1 is 1.08 bits per heavy atom. The first-order valence-electron chi connectivity index (χ1n) is 7.52. The van der Waals surface area contributed by atoms with Crippen LogP contribution in [-0.2, 0) is 16.0 Å². The molecule has 0 atom stereocenters.